The van der Waals surface area contributed by atoms with Gasteiger partial charge in [0.1, 0.15) is 5.65 Å². The molecule has 5 aromatic heterocycles. The van der Waals surface area contributed by atoms with Gasteiger partial charge in [-0.3, -0.25) is 4.68 Å². The second-order valence-electron chi connectivity index (χ2n) is 8.71. The standard InChI is InChI=1S/C25H27N7O2/c1-18(19-5-7-23-26-9-10-30(23)16-19)22-15-27-24-8-6-21(29-32(22)24)20-14-28-31(17-20)11-13-34-25-4-2-3-12-33-25/h5-10,14-18,25H,2-4,11-13H2,1H3. The second kappa shape index (κ2) is 9.00. The van der Waals surface area contributed by atoms with Crippen molar-refractivity contribution < 1.29 is 9.47 Å². The maximum atomic E-state index is 5.84. The molecule has 34 heavy (non-hydrogen) atoms. The Hall–Kier alpha value is -3.56. The molecule has 6 rings (SSSR count). The highest BCUT2D eigenvalue weighted by Gasteiger charge is 2.17. The highest BCUT2D eigenvalue weighted by Crippen LogP contribution is 2.26. The molecule has 1 fully saturated rings. The average molecular weight is 458 g/mol. The van der Waals surface area contributed by atoms with Crippen molar-refractivity contribution in [2.45, 2.75) is 44.9 Å². The van der Waals surface area contributed by atoms with Gasteiger partial charge in [0.15, 0.2) is 11.9 Å². The van der Waals surface area contributed by atoms with Crippen LogP contribution in [-0.4, -0.2) is 53.3 Å². The summed E-state index contributed by atoms with van der Waals surface area (Å²) in [6.07, 6.45) is 14.8. The van der Waals surface area contributed by atoms with Crippen LogP contribution < -0.4 is 0 Å². The van der Waals surface area contributed by atoms with Gasteiger partial charge in [0.2, 0.25) is 0 Å². The molecule has 9 heteroatoms. The quantitative estimate of drug-likeness (QED) is 0.368. The number of nitrogens with zero attached hydrogens (tertiary/aromatic N) is 7. The third-order valence-electron chi connectivity index (χ3n) is 6.43. The molecule has 5 aromatic rings. The predicted octanol–water partition coefficient (Wildman–Crippen LogP) is 3.94. The molecule has 0 saturated carbocycles. The molecule has 1 aliphatic rings. The normalized spacial score (nSPS) is 17.5. The summed E-state index contributed by atoms with van der Waals surface area (Å²) in [4.78, 5) is 8.91. The molecular weight excluding hydrogens is 430 g/mol. The van der Waals surface area contributed by atoms with Gasteiger partial charge in [-0.15, -0.1) is 0 Å². The molecule has 2 atom stereocenters. The number of pyridine rings is 1. The van der Waals surface area contributed by atoms with Crippen molar-refractivity contribution in [1.29, 1.82) is 0 Å². The van der Waals surface area contributed by atoms with Crippen LogP contribution in [0.25, 0.3) is 22.6 Å². The number of rotatable bonds is 7. The van der Waals surface area contributed by atoms with Gasteiger partial charge in [-0.1, -0.05) is 13.0 Å². The molecule has 174 valence electrons. The van der Waals surface area contributed by atoms with Crippen LogP contribution in [0.15, 0.2) is 61.4 Å². The van der Waals surface area contributed by atoms with E-state index in [-0.39, 0.29) is 12.2 Å². The van der Waals surface area contributed by atoms with Gasteiger partial charge < -0.3 is 13.9 Å². The highest BCUT2D eigenvalue weighted by atomic mass is 16.7. The molecule has 0 amide bonds. The van der Waals surface area contributed by atoms with Crippen LogP contribution in [0.4, 0.5) is 0 Å². The molecule has 0 radical (unpaired) electrons. The van der Waals surface area contributed by atoms with Crippen LogP contribution >= 0.6 is 0 Å². The van der Waals surface area contributed by atoms with Crippen LogP contribution in [0, 0.1) is 0 Å². The van der Waals surface area contributed by atoms with Crippen molar-refractivity contribution in [3.8, 4) is 11.3 Å². The molecule has 1 saturated heterocycles. The van der Waals surface area contributed by atoms with E-state index >= 15 is 0 Å². The Kier molecular flexibility index (Phi) is 5.56. The van der Waals surface area contributed by atoms with Gasteiger partial charge >= 0.3 is 0 Å². The van der Waals surface area contributed by atoms with E-state index in [1.54, 1.807) is 0 Å². The van der Waals surface area contributed by atoms with E-state index in [1.165, 1.54) is 5.56 Å². The molecule has 0 N–H and O–H groups in total. The first kappa shape index (κ1) is 21.0. The Morgan fingerprint density at radius 3 is 2.94 bits per heavy atom. The topological polar surface area (TPSA) is 83.8 Å². The highest BCUT2D eigenvalue weighted by molar-refractivity contribution is 5.58. The van der Waals surface area contributed by atoms with E-state index in [1.807, 2.05) is 62.8 Å². The molecule has 9 nitrogen and oxygen atoms in total. The van der Waals surface area contributed by atoms with E-state index in [2.05, 4.69) is 34.3 Å². The summed E-state index contributed by atoms with van der Waals surface area (Å²) >= 11 is 0. The van der Waals surface area contributed by atoms with Crippen LogP contribution in [0.1, 0.15) is 43.4 Å². The number of fused-ring (bicyclic) bond motifs is 2. The summed E-state index contributed by atoms with van der Waals surface area (Å²) in [5.74, 6) is 0.117. The third-order valence-corrected chi connectivity index (χ3v) is 6.43. The van der Waals surface area contributed by atoms with Crippen molar-refractivity contribution in [3.05, 3.63) is 72.7 Å². The van der Waals surface area contributed by atoms with Gasteiger partial charge in [-0.25, -0.2) is 14.5 Å². The number of hydrogen-bond donors (Lipinski definition) is 0. The number of aromatic nitrogens is 7. The van der Waals surface area contributed by atoms with Crippen molar-refractivity contribution in [2.75, 3.05) is 13.2 Å². The predicted molar refractivity (Wildman–Crippen MR) is 126 cm³/mol. The lowest BCUT2D eigenvalue weighted by Crippen LogP contribution is -2.24. The summed E-state index contributed by atoms with van der Waals surface area (Å²) in [5.41, 5.74) is 5.78. The molecule has 1 aliphatic heterocycles. The fourth-order valence-corrected chi connectivity index (χ4v) is 4.44. The molecule has 2 unspecified atom stereocenters. The third kappa shape index (κ3) is 4.08. The van der Waals surface area contributed by atoms with Gasteiger partial charge in [-0.2, -0.15) is 10.2 Å². The molecule has 6 heterocycles. The number of imidazole rings is 2. The lowest BCUT2D eigenvalue weighted by Gasteiger charge is -2.22. The van der Waals surface area contributed by atoms with Gasteiger partial charge in [0, 0.05) is 42.9 Å². The first-order valence-electron chi connectivity index (χ1n) is 11.8. The summed E-state index contributed by atoms with van der Waals surface area (Å²) in [6.45, 7) is 4.20. The number of hydrogen-bond acceptors (Lipinski definition) is 6. The van der Waals surface area contributed by atoms with Crippen molar-refractivity contribution in [1.82, 2.24) is 33.8 Å². The zero-order chi connectivity index (χ0) is 22.9. The van der Waals surface area contributed by atoms with Gasteiger partial charge in [-0.05, 0) is 43.0 Å². The van der Waals surface area contributed by atoms with E-state index < -0.39 is 0 Å². The molecule has 0 spiro atoms. The smallest absolute Gasteiger partial charge is 0.157 e. The minimum atomic E-state index is -0.0796. The molecule has 0 bridgehead atoms. The van der Waals surface area contributed by atoms with Crippen LogP contribution in [-0.2, 0) is 16.0 Å². The molecule has 0 aromatic carbocycles. The van der Waals surface area contributed by atoms with Crippen molar-refractivity contribution in [2.24, 2.45) is 0 Å². The molecular formula is C25H27N7O2. The maximum Gasteiger partial charge on any atom is 0.157 e. The fourth-order valence-electron chi connectivity index (χ4n) is 4.44. The van der Waals surface area contributed by atoms with E-state index in [4.69, 9.17) is 14.6 Å². The Balaban J connectivity index is 1.20. The lowest BCUT2D eigenvalue weighted by atomic mass is 10.0. The summed E-state index contributed by atoms with van der Waals surface area (Å²) in [5, 5.41) is 9.40. The maximum absolute atomic E-state index is 5.84. The SMILES string of the molecule is CC(c1ccc2nccn2c1)c1cnc2ccc(-c3cnn(CCOC4CCCCO4)c3)nn12. The van der Waals surface area contributed by atoms with Gasteiger partial charge in [0.05, 0.1) is 36.9 Å². The summed E-state index contributed by atoms with van der Waals surface area (Å²) < 4.78 is 17.3. The zero-order valence-electron chi connectivity index (χ0n) is 19.1. The first-order chi connectivity index (χ1) is 16.7. The largest absolute Gasteiger partial charge is 0.353 e. The minimum absolute atomic E-state index is 0.0796. The Labute approximate surface area is 197 Å². The summed E-state index contributed by atoms with van der Waals surface area (Å²) in [6, 6.07) is 8.13. The first-order valence-corrected chi connectivity index (χ1v) is 11.8. The zero-order valence-corrected chi connectivity index (χ0v) is 19.1. The van der Waals surface area contributed by atoms with Crippen LogP contribution in [0.2, 0.25) is 0 Å². The molecule has 0 aliphatic carbocycles. The fraction of sp³-hybridized carbons (Fsp3) is 0.360. The summed E-state index contributed by atoms with van der Waals surface area (Å²) in [7, 11) is 0. The Morgan fingerprint density at radius 2 is 2.03 bits per heavy atom. The van der Waals surface area contributed by atoms with Crippen LogP contribution in [0.5, 0.6) is 0 Å². The van der Waals surface area contributed by atoms with E-state index in [0.717, 1.165) is 54.1 Å². The monoisotopic (exact) mass is 457 g/mol. The minimum Gasteiger partial charge on any atom is -0.353 e. The van der Waals surface area contributed by atoms with E-state index in [9.17, 15) is 0 Å². The Bertz CT molecular complexity index is 1410. The van der Waals surface area contributed by atoms with Crippen molar-refractivity contribution in [3.63, 3.8) is 0 Å². The number of ether oxygens (including phenoxy) is 2. The lowest BCUT2D eigenvalue weighted by molar-refractivity contribution is -0.163. The van der Waals surface area contributed by atoms with Crippen LogP contribution in [0.3, 0.4) is 0 Å². The second-order valence-corrected chi connectivity index (χ2v) is 8.71. The van der Waals surface area contributed by atoms with Crippen molar-refractivity contribution >= 4 is 11.3 Å². The average Bonchev–Trinajstić information content (AvgIpc) is 3.63. The van der Waals surface area contributed by atoms with E-state index in [0.29, 0.717) is 13.2 Å². The van der Waals surface area contributed by atoms with Gasteiger partial charge in [0.25, 0.3) is 0 Å². The Morgan fingerprint density at radius 1 is 1.09 bits per heavy atom.